The van der Waals surface area contributed by atoms with E-state index in [1.54, 1.807) is 14.2 Å². The van der Waals surface area contributed by atoms with Gasteiger partial charge in [-0.2, -0.15) is 0 Å². The van der Waals surface area contributed by atoms with Gasteiger partial charge >= 0.3 is 0 Å². The lowest BCUT2D eigenvalue weighted by Gasteiger charge is -2.15. The summed E-state index contributed by atoms with van der Waals surface area (Å²) in [5.41, 5.74) is 2.13. The van der Waals surface area contributed by atoms with Gasteiger partial charge in [0, 0.05) is 23.3 Å². The summed E-state index contributed by atoms with van der Waals surface area (Å²) in [6, 6.07) is 3.75. The third-order valence-corrected chi connectivity index (χ3v) is 4.48. The van der Waals surface area contributed by atoms with E-state index in [2.05, 4.69) is 13.8 Å². The highest BCUT2D eigenvalue weighted by atomic mass is 16.6. The van der Waals surface area contributed by atoms with Gasteiger partial charge < -0.3 is 23.7 Å². The third kappa shape index (κ3) is 2.64. The number of hydrogen-bond acceptors (Lipinski definition) is 5. The van der Waals surface area contributed by atoms with Gasteiger partial charge in [0.2, 0.25) is 0 Å². The molecule has 0 atom stereocenters. The Balaban J connectivity index is 1.75. The minimum absolute atomic E-state index is 0.642. The molecule has 0 saturated carbocycles. The fourth-order valence-electron chi connectivity index (χ4n) is 3.32. The van der Waals surface area contributed by atoms with E-state index in [4.69, 9.17) is 23.7 Å². The molecule has 4 rings (SSSR count). The van der Waals surface area contributed by atoms with Crippen molar-refractivity contribution >= 4 is 0 Å². The molecule has 0 spiro atoms. The Morgan fingerprint density at radius 2 is 1.20 bits per heavy atom. The first-order valence-corrected chi connectivity index (χ1v) is 8.73. The summed E-state index contributed by atoms with van der Waals surface area (Å²) in [4.78, 5) is 0. The van der Waals surface area contributed by atoms with E-state index in [1.165, 1.54) is 0 Å². The molecule has 0 bridgehead atoms. The first kappa shape index (κ1) is 15.9. The highest BCUT2D eigenvalue weighted by Crippen LogP contribution is 2.59. The molecule has 0 N–H and O–H groups in total. The minimum atomic E-state index is 0.642. The topological polar surface area (TPSA) is 52.8 Å². The van der Waals surface area contributed by atoms with E-state index in [1.807, 2.05) is 12.1 Å². The largest absolute Gasteiger partial charge is 0.492 e. The molecule has 0 saturated heterocycles. The lowest BCUT2D eigenvalue weighted by atomic mass is 10.1. The molecule has 2 aromatic rings. The van der Waals surface area contributed by atoms with Crippen LogP contribution in [0.2, 0.25) is 0 Å². The Kier molecular flexibility index (Phi) is 3.86. The van der Waals surface area contributed by atoms with Crippen molar-refractivity contribution in [1.82, 2.24) is 0 Å². The number of fused-ring (bicyclic) bond motifs is 2. The lowest BCUT2D eigenvalue weighted by molar-refractivity contribution is 0.353. The predicted octanol–water partition coefficient (Wildman–Crippen LogP) is 5.61. The monoisotopic (exact) mass is 342 g/mol. The molecular weight excluding hydrogens is 320 g/mol. The van der Waals surface area contributed by atoms with Crippen LogP contribution in [0.3, 0.4) is 0 Å². The molecule has 2 heterocycles. The van der Waals surface area contributed by atoms with Crippen LogP contribution in [0, 0.1) is 0 Å². The van der Waals surface area contributed by atoms with Crippen LogP contribution < -0.4 is 23.7 Å². The summed E-state index contributed by atoms with van der Waals surface area (Å²) in [5, 5.41) is 0. The van der Waals surface area contributed by atoms with Gasteiger partial charge in [-0.1, -0.05) is 26.7 Å². The number of methoxy groups -OCH3 is 2. The van der Waals surface area contributed by atoms with Crippen molar-refractivity contribution in [3.8, 4) is 46.0 Å². The second-order valence-corrected chi connectivity index (χ2v) is 6.23. The van der Waals surface area contributed by atoms with Crippen molar-refractivity contribution in [2.24, 2.45) is 0 Å². The quantitative estimate of drug-likeness (QED) is 0.389. The second-order valence-electron chi connectivity index (χ2n) is 6.23. The first-order valence-electron chi connectivity index (χ1n) is 8.73. The van der Waals surface area contributed by atoms with Crippen molar-refractivity contribution in [3.05, 3.63) is 23.3 Å². The van der Waals surface area contributed by atoms with E-state index in [-0.39, 0.29) is 0 Å². The molecule has 5 nitrogen and oxygen atoms in total. The first-order chi connectivity index (χ1) is 12.2. The Hall–Kier alpha value is -2.56. The normalized spacial score (nSPS) is 12.5. The summed E-state index contributed by atoms with van der Waals surface area (Å²) < 4.78 is 28.6. The average molecular weight is 342 g/mol. The molecular formula is C20H22O5. The van der Waals surface area contributed by atoms with Crippen LogP contribution in [0.4, 0.5) is 0 Å². The fraction of sp³-hybridized carbons (Fsp3) is 0.400. The average Bonchev–Trinajstić information content (AvgIpc) is 3.50. The van der Waals surface area contributed by atoms with Gasteiger partial charge in [-0.3, -0.25) is 0 Å². The summed E-state index contributed by atoms with van der Waals surface area (Å²) in [7, 11) is 3.32. The zero-order valence-electron chi connectivity index (χ0n) is 15.0. The number of rotatable bonds is 8. The van der Waals surface area contributed by atoms with E-state index >= 15 is 0 Å². The van der Waals surface area contributed by atoms with Crippen LogP contribution >= 0.6 is 0 Å². The van der Waals surface area contributed by atoms with Crippen molar-refractivity contribution < 1.29 is 23.7 Å². The molecule has 0 aromatic heterocycles. The van der Waals surface area contributed by atoms with Crippen molar-refractivity contribution in [2.45, 2.75) is 39.5 Å². The molecule has 132 valence electrons. The third-order valence-electron chi connectivity index (χ3n) is 4.48. The zero-order valence-corrected chi connectivity index (χ0v) is 15.0. The summed E-state index contributed by atoms with van der Waals surface area (Å²) in [6.07, 6.45) is 3.78. The standard InChI is InChI=1S/C20H22O5/c1-5-7-11-17(21-3)13(9-15-19(11)24-15)23-14-10-16-20(25-16)12(8-6-2)18(14)22-4/h9-10H,5-8H2,1-4H3. The van der Waals surface area contributed by atoms with E-state index in [0.717, 1.165) is 71.3 Å². The van der Waals surface area contributed by atoms with Crippen LogP contribution in [0.25, 0.3) is 0 Å². The Labute approximate surface area is 147 Å². The van der Waals surface area contributed by atoms with Crippen LogP contribution in [0.1, 0.15) is 37.8 Å². The summed E-state index contributed by atoms with van der Waals surface area (Å²) >= 11 is 0. The van der Waals surface area contributed by atoms with Gasteiger partial charge in [0.25, 0.3) is 0 Å². The molecule has 0 amide bonds. The van der Waals surface area contributed by atoms with E-state index in [9.17, 15) is 0 Å². The van der Waals surface area contributed by atoms with Gasteiger partial charge in [-0.25, -0.2) is 0 Å². The lowest BCUT2D eigenvalue weighted by Crippen LogP contribution is -1.97. The molecule has 0 radical (unpaired) electrons. The van der Waals surface area contributed by atoms with Crippen molar-refractivity contribution in [2.75, 3.05) is 14.2 Å². The molecule has 5 heteroatoms. The molecule has 2 aromatic carbocycles. The molecule has 25 heavy (non-hydrogen) atoms. The Morgan fingerprint density at radius 3 is 1.56 bits per heavy atom. The fourth-order valence-corrected chi connectivity index (χ4v) is 3.32. The van der Waals surface area contributed by atoms with Crippen LogP contribution in [0.15, 0.2) is 12.1 Å². The summed E-state index contributed by atoms with van der Waals surface area (Å²) in [5.74, 6) is 6.30. The maximum Gasteiger partial charge on any atom is 0.177 e. The van der Waals surface area contributed by atoms with Crippen LogP contribution in [0.5, 0.6) is 46.0 Å². The van der Waals surface area contributed by atoms with E-state index < -0.39 is 0 Å². The van der Waals surface area contributed by atoms with Crippen molar-refractivity contribution in [3.63, 3.8) is 0 Å². The van der Waals surface area contributed by atoms with Gasteiger partial charge in [-0.05, 0) is 12.8 Å². The molecule has 0 aliphatic carbocycles. The summed E-state index contributed by atoms with van der Waals surface area (Å²) in [6.45, 7) is 4.26. The number of benzene rings is 2. The molecule has 2 aliphatic rings. The molecule has 0 unspecified atom stereocenters. The van der Waals surface area contributed by atoms with Crippen LogP contribution in [-0.4, -0.2) is 14.2 Å². The molecule has 0 fully saturated rings. The van der Waals surface area contributed by atoms with Gasteiger partial charge in [0.1, 0.15) is 0 Å². The minimum Gasteiger partial charge on any atom is -0.492 e. The second kappa shape index (κ2) is 6.06. The Bertz CT molecular complexity index is 771. The van der Waals surface area contributed by atoms with E-state index in [0.29, 0.717) is 11.5 Å². The van der Waals surface area contributed by atoms with Gasteiger partial charge in [0.05, 0.1) is 14.2 Å². The number of hydrogen-bond donors (Lipinski definition) is 0. The molecule has 2 aliphatic heterocycles. The smallest absolute Gasteiger partial charge is 0.177 e. The number of ether oxygens (including phenoxy) is 5. The zero-order chi connectivity index (χ0) is 17.6. The van der Waals surface area contributed by atoms with Crippen LogP contribution in [-0.2, 0) is 12.8 Å². The Morgan fingerprint density at radius 1 is 0.760 bits per heavy atom. The van der Waals surface area contributed by atoms with Gasteiger partial charge in [0.15, 0.2) is 46.0 Å². The highest BCUT2D eigenvalue weighted by molar-refractivity contribution is 5.72. The maximum absolute atomic E-state index is 6.21. The highest BCUT2D eigenvalue weighted by Gasteiger charge is 2.34. The van der Waals surface area contributed by atoms with Crippen molar-refractivity contribution in [1.29, 1.82) is 0 Å². The SMILES string of the molecule is CCCc1c(OC)c(Oc2cc3c(c(CCC)c2OC)O3)cc2c1O2. The maximum atomic E-state index is 6.21. The predicted molar refractivity (Wildman–Crippen MR) is 94.2 cm³/mol. The van der Waals surface area contributed by atoms with Gasteiger partial charge in [-0.15, -0.1) is 0 Å².